The zero-order chi connectivity index (χ0) is 10.7. The van der Waals surface area contributed by atoms with Crippen molar-refractivity contribution in [2.45, 2.75) is 34.1 Å². The molecule has 0 aliphatic carbocycles. The van der Waals surface area contributed by atoms with Crippen LogP contribution >= 0.6 is 11.8 Å². The molecule has 1 aliphatic rings. The molecule has 80 valence electrons. The van der Waals surface area contributed by atoms with Crippen molar-refractivity contribution in [2.24, 2.45) is 16.8 Å². The largest absolute Gasteiger partial charge is 0.261 e. The van der Waals surface area contributed by atoms with Crippen molar-refractivity contribution in [3.63, 3.8) is 0 Å². The molecule has 1 heterocycles. The second-order valence-electron chi connectivity index (χ2n) is 4.51. The van der Waals surface area contributed by atoms with E-state index in [9.17, 15) is 0 Å². The number of nitrogens with zero attached hydrogens (tertiary/aromatic N) is 1. The van der Waals surface area contributed by atoms with Gasteiger partial charge in [0.2, 0.25) is 0 Å². The molecule has 0 spiro atoms. The van der Waals surface area contributed by atoms with Crippen molar-refractivity contribution in [3.8, 4) is 0 Å². The van der Waals surface area contributed by atoms with E-state index in [1.54, 1.807) is 5.57 Å². The molecule has 14 heavy (non-hydrogen) atoms. The molecule has 0 amide bonds. The van der Waals surface area contributed by atoms with Crippen LogP contribution in [-0.4, -0.2) is 17.7 Å². The number of aliphatic imine (C=N–C) groups is 1. The summed E-state index contributed by atoms with van der Waals surface area (Å²) >= 11 is 1.90. The molecular weight excluding hydrogens is 190 g/mol. The quantitative estimate of drug-likeness (QED) is 0.689. The minimum Gasteiger partial charge on any atom is -0.261 e. The van der Waals surface area contributed by atoms with Gasteiger partial charge in [0.1, 0.15) is 0 Å². The third-order valence-electron chi connectivity index (χ3n) is 2.55. The second-order valence-corrected chi connectivity index (χ2v) is 5.38. The monoisotopic (exact) mass is 211 g/mol. The van der Waals surface area contributed by atoms with Gasteiger partial charge in [-0.2, -0.15) is 11.8 Å². The molecule has 1 rings (SSSR count). The lowest BCUT2D eigenvalue weighted by molar-refractivity contribution is 0.750. The summed E-state index contributed by atoms with van der Waals surface area (Å²) in [5.41, 5.74) is 4.28. The molecule has 0 atom stereocenters. The lowest BCUT2D eigenvalue weighted by atomic mass is 10.0. The summed E-state index contributed by atoms with van der Waals surface area (Å²) in [6.45, 7) is 8.95. The zero-order valence-electron chi connectivity index (χ0n) is 9.92. The van der Waals surface area contributed by atoms with E-state index < -0.39 is 0 Å². The lowest BCUT2D eigenvalue weighted by Gasteiger charge is -2.06. The Bertz CT molecular complexity index is 261. The van der Waals surface area contributed by atoms with Gasteiger partial charge in [0, 0.05) is 23.6 Å². The number of thioether (sulfide) groups is 1. The molecule has 0 unspecified atom stereocenters. The predicted octanol–water partition coefficient (Wildman–Crippen LogP) is 3.76. The van der Waals surface area contributed by atoms with Crippen LogP contribution in [0.5, 0.6) is 0 Å². The first-order valence-corrected chi connectivity index (χ1v) is 6.74. The van der Waals surface area contributed by atoms with Crippen molar-refractivity contribution in [1.29, 1.82) is 0 Å². The van der Waals surface area contributed by atoms with Crippen molar-refractivity contribution in [3.05, 3.63) is 11.3 Å². The smallest absolute Gasteiger partial charge is 0.0432 e. The number of hydrogen-bond acceptors (Lipinski definition) is 2. The van der Waals surface area contributed by atoms with Crippen LogP contribution in [0, 0.1) is 11.8 Å². The average Bonchev–Trinajstić information content (AvgIpc) is 2.49. The summed E-state index contributed by atoms with van der Waals surface area (Å²) in [5.74, 6) is 2.32. The van der Waals surface area contributed by atoms with Crippen LogP contribution < -0.4 is 0 Å². The molecule has 0 aromatic heterocycles. The van der Waals surface area contributed by atoms with Gasteiger partial charge < -0.3 is 0 Å². The SMILES string of the molecule is CSCC1=C(C(C)C)N=C(C(C)C)C1. The van der Waals surface area contributed by atoms with E-state index in [-0.39, 0.29) is 0 Å². The first-order valence-electron chi connectivity index (χ1n) is 5.34. The lowest BCUT2D eigenvalue weighted by Crippen LogP contribution is -2.05. The van der Waals surface area contributed by atoms with Gasteiger partial charge in [0.15, 0.2) is 0 Å². The fraction of sp³-hybridized carbons (Fsp3) is 0.750. The standard InChI is InChI=1S/C12H21NS/c1-8(2)11-6-10(7-14-5)12(13-11)9(3)4/h8-9H,6-7H2,1-5H3. The third-order valence-corrected chi connectivity index (χ3v) is 3.19. The van der Waals surface area contributed by atoms with Gasteiger partial charge in [0.25, 0.3) is 0 Å². The Morgan fingerprint density at radius 3 is 2.29 bits per heavy atom. The Balaban J connectivity index is 2.80. The van der Waals surface area contributed by atoms with E-state index in [1.807, 2.05) is 11.8 Å². The summed E-state index contributed by atoms with van der Waals surface area (Å²) in [4.78, 5) is 4.77. The molecular formula is C12H21NS. The van der Waals surface area contributed by atoms with E-state index in [0.29, 0.717) is 11.8 Å². The minimum atomic E-state index is 0.577. The van der Waals surface area contributed by atoms with Crippen molar-refractivity contribution in [1.82, 2.24) is 0 Å². The predicted molar refractivity (Wildman–Crippen MR) is 67.1 cm³/mol. The van der Waals surface area contributed by atoms with Crippen LogP contribution in [0.2, 0.25) is 0 Å². The van der Waals surface area contributed by atoms with Crippen molar-refractivity contribution < 1.29 is 0 Å². The molecule has 0 saturated carbocycles. The summed E-state index contributed by atoms with van der Waals surface area (Å²) in [6.07, 6.45) is 3.28. The Morgan fingerprint density at radius 2 is 1.86 bits per heavy atom. The number of allylic oxidation sites excluding steroid dienone is 1. The van der Waals surface area contributed by atoms with Gasteiger partial charge in [-0.3, -0.25) is 4.99 Å². The molecule has 0 radical (unpaired) electrons. The van der Waals surface area contributed by atoms with E-state index >= 15 is 0 Å². The van der Waals surface area contributed by atoms with Crippen LogP contribution in [0.1, 0.15) is 34.1 Å². The van der Waals surface area contributed by atoms with Gasteiger partial charge in [-0.25, -0.2) is 0 Å². The van der Waals surface area contributed by atoms with E-state index in [2.05, 4.69) is 34.0 Å². The summed E-state index contributed by atoms with van der Waals surface area (Å²) in [6, 6.07) is 0. The highest BCUT2D eigenvalue weighted by Gasteiger charge is 2.20. The maximum absolute atomic E-state index is 4.77. The van der Waals surface area contributed by atoms with Crippen LogP contribution in [0.25, 0.3) is 0 Å². The summed E-state index contributed by atoms with van der Waals surface area (Å²) in [7, 11) is 0. The molecule has 0 saturated heterocycles. The summed E-state index contributed by atoms with van der Waals surface area (Å²) < 4.78 is 0. The molecule has 0 N–H and O–H groups in total. The maximum Gasteiger partial charge on any atom is 0.0432 e. The average molecular weight is 211 g/mol. The highest BCUT2D eigenvalue weighted by Crippen LogP contribution is 2.30. The van der Waals surface area contributed by atoms with Crippen LogP contribution in [0.3, 0.4) is 0 Å². The molecule has 0 aromatic rings. The Kier molecular flexibility index (Phi) is 4.24. The zero-order valence-corrected chi connectivity index (χ0v) is 10.7. The fourth-order valence-corrected chi connectivity index (χ4v) is 2.35. The van der Waals surface area contributed by atoms with Gasteiger partial charge >= 0.3 is 0 Å². The second kappa shape index (κ2) is 5.01. The minimum absolute atomic E-state index is 0.577. The highest BCUT2D eigenvalue weighted by atomic mass is 32.2. The number of hydrogen-bond donors (Lipinski definition) is 0. The van der Waals surface area contributed by atoms with E-state index in [0.717, 1.165) is 12.2 Å². The normalized spacial score (nSPS) is 17.2. The van der Waals surface area contributed by atoms with E-state index in [4.69, 9.17) is 4.99 Å². The highest BCUT2D eigenvalue weighted by molar-refractivity contribution is 7.98. The molecule has 0 bridgehead atoms. The van der Waals surface area contributed by atoms with Crippen LogP contribution in [-0.2, 0) is 0 Å². The maximum atomic E-state index is 4.77. The van der Waals surface area contributed by atoms with Crippen LogP contribution in [0.4, 0.5) is 0 Å². The van der Waals surface area contributed by atoms with Gasteiger partial charge in [-0.1, -0.05) is 27.7 Å². The van der Waals surface area contributed by atoms with Gasteiger partial charge in [0.05, 0.1) is 0 Å². The molecule has 0 fully saturated rings. The van der Waals surface area contributed by atoms with E-state index in [1.165, 1.54) is 11.4 Å². The van der Waals surface area contributed by atoms with Gasteiger partial charge in [-0.15, -0.1) is 0 Å². The Labute approximate surface area is 92.1 Å². The van der Waals surface area contributed by atoms with Crippen LogP contribution in [0.15, 0.2) is 16.3 Å². The molecule has 2 heteroatoms. The fourth-order valence-electron chi connectivity index (χ4n) is 1.75. The topological polar surface area (TPSA) is 12.4 Å². The first-order chi connectivity index (χ1) is 6.56. The Morgan fingerprint density at radius 1 is 1.21 bits per heavy atom. The number of rotatable bonds is 4. The molecule has 0 aromatic carbocycles. The first kappa shape index (κ1) is 11.8. The molecule has 1 nitrogen and oxygen atoms in total. The van der Waals surface area contributed by atoms with Crippen molar-refractivity contribution >= 4 is 17.5 Å². The summed E-state index contributed by atoms with van der Waals surface area (Å²) in [5, 5.41) is 0. The third kappa shape index (κ3) is 2.63. The molecule has 1 aliphatic heterocycles. The Hall–Kier alpha value is -0.240. The van der Waals surface area contributed by atoms with Crippen molar-refractivity contribution in [2.75, 3.05) is 12.0 Å². The van der Waals surface area contributed by atoms with Gasteiger partial charge in [-0.05, 0) is 23.7 Å².